The molecule has 1 heterocycles. The Labute approximate surface area is 99.5 Å². The summed E-state index contributed by atoms with van der Waals surface area (Å²) in [5.41, 5.74) is -0.140. The number of halogens is 1. The average Bonchev–Trinajstić information content (AvgIpc) is 2.27. The molecule has 0 saturated heterocycles. The maximum absolute atomic E-state index is 11.7. The van der Waals surface area contributed by atoms with Gasteiger partial charge in [-0.2, -0.15) is 5.26 Å². The summed E-state index contributed by atoms with van der Waals surface area (Å²) in [7, 11) is 1.57. The number of hydrogen-bond acceptors (Lipinski definition) is 3. The minimum atomic E-state index is -0.495. The predicted molar refractivity (Wildman–Crippen MR) is 63.3 cm³/mol. The molecule has 0 aliphatic rings. The number of aromatic nitrogens is 1. The number of fused-ring (bicyclic) bond motifs is 1. The first-order chi connectivity index (χ1) is 7.56. The minimum absolute atomic E-state index is 0.225. The lowest BCUT2D eigenvalue weighted by Crippen LogP contribution is -2.20. The Morgan fingerprint density at radius 3 is 2.81 bits per heavy atom. The van der Waals surface area contributed by atoms with Gasteiger partial charge < -0.3 is 9.67 Å². The Balaban J connectivity index is 3.09. The first kappa shape index (κ1) is 10.7. The predicted octanol–water partition coefficient (Wildman–Crippen LogP) is 1.88. The van der Waals surface area contributed by atoms with Crippen molar-refractivity contribution in [1.82, 2.24) is 4.57 Å². The summed E-state index contributed by atoms with van der Waals surface area (Å²) in [6, 6.07) is 6.84. The number of aryl methyl sites for hydroxylation is 1. The van der Waals surface area contributed by atoms with Gasteiger partial charge in [0.05, 0.1) is 5.52 Å². The Kier molecular flexibility index (Phi) is 2.44. The third-order valence-corrected chi connectivity index (χ3v) is 2.94. The number of rotatable bonds is 0. The standard InChI is InChI=1S/C11H7BrN2O2/c1-14-9-4-6(12)2-3-7(9)10(15)8(5-13)11(14)16/h2-4,15H,1H3. The van der Waals surface area contributed by atoms with Crippen LogP contribution in [0.4, 0.5) is 0 Å². The van der Waals surface area contributed by atoms with E-state index in [2.05, 4.69) is 15.9 Å². The van der Waals surface area contributed by atoms with Crippen LogP contribution in [0.2, 0.25) is 0 Å². The molecule has 4 nitrogen and oxygen atoms in total. The molecule has 2 aromatic rings. The molecule has 0 saturated carbocycles. The van der Waals surface area contributed by atoms with Crippen molar-refractivity contribution in [3.8, 4) is 11.8 Å². The molecule has 5 heteroatoms. The van der Waals surface area contributed by atoms with E-state index in [0.717, 1.165) is 4.47 Å². The molecular weight excluding hydrogens is 272 g/mol. The second-order valence-corrected chi connectivity index (χ2v) is 4.28. The molecule has 0 spiro atoms. The third-order valence-electron chi connectivity index (χ3n) is 2.44. The molecule has 2 rings (SSSR count). The van der Waals surface area contributed by atoms with Crippen LogP contribution in [0.3, 0.4) is 0 Å². The number of hydrogen-bond donors (Lipinski definition) is 1. The lowest BCUT2D eigenvalue weighted by molar-refractivity contribution is 0.477. The molecule has 1 N–H and O–H groups in total. The Morgan fingerprint density at radius 2 is 2.19 bits per heavy atom. The summed E-state index contributed by atoms with van der Waals surface area (Å²) in [5, 5.41) is 19.1. The molecule has 0 amide bonds. The molecule has 1 aromatic carbocycles. The van der Waals surface area contributed by atoms with Crippen LogP contribution in [0, 0.1) is 11.3 Å². The van der Waals surface area contributed by atoms with Crippen molar-refractivity contribution in [3.63, 3.8) is 0 Å². The van der Waals surface area contributed by atoms with E-state index in [-0.39, 0.29) is 11.3 Å². The van der Waals surface area contributed by atoms with Crippen LogP contribution in [0.15, 0.2) is 27.5 Å². The molecule has 0 fully saturated rings. The largest absolute Gasteiger partial charge is 0.506 e. The normalized spacial score (nSPS) is 10.3. The van der Waals surface area contributed by atoms with E-state index in [4.69, 9.17) is 5.26 Å². The molecular formula is C11H7BrN2O2. The first-order valence-electron chi connectivity index (χ1n) is 4.47. The number of pyridine rings is 1. The van der Waals surface area contributed by atoms with Gasteiger partial charge in [-0.15, -0.1) is 0 Å². The zero-order valence-electron chi connectivity index (χ0n) is 8.36. The van der Waals surface area contributed by atoms with Crippen LogP contribution in [0.25, 0.3) is 10.9 Å². The highest BCUT2D eigenvalue weighted by molar-refractivity contribution is 9.10. The van der Waals surface area contributed by atoms with Gasteiger partial charge in [-0.3, -0.25) is 4.79 Å². The fourth-order valence-electron chi connectivity index (χ4n) is 1.60. The van der Waals surface area contributed by atoms with Crippen molar-refractivity contribution in [1.29, 1.82) is 5.26 Å². The Morgan fingerprint density at radius 1 is 1.50 bits per heavy atom. The van der Waals surface area contributed by atoms with Gasteiger partial charge in [0.2, 0.25) is 0 Å². The average molecular weight is 279 g/mol. The van der Waals surface area contributed by atoms with Crippen molar-refractivity contribution in [2.24, 2.45) is 7.05 Å². The van der Waals surface area contributed by atoms with Crippen LogP contribution < -0.4 is 5.56 Å². The maximum atomic E-state index is 11.7. The molecule has 0 atom stereocenters. The van der Waals surface area contributed by atoms with Gasteiger partial charge in [-0.25, -0.2) is 0 Å². The van der Waals surface area contributed by atoms with Crippen LogP contribution in [-0.4, -0.2) is 9.67 Å². The molecule has 0 aliphatic heterocycles. The zero-order valence-corrected chi connectivity index (χ0v) is 9.95. The summed E-state index contributed by atoms with van der Waals surface area (Å²) >= 11 is 3.29. The van der Waals surface area contributed by atoms with E-state index in [1.807, 2.05) is 0 Å². The second-order valence-electron chi connectivity index (χ2n) is 3.36. The maximum Gasteiger partial charge on any atom is 0.272 e. The van der Waals surface area contributed by atoms with Crippen molar-refractivity contribution in [3.05, 3.63) is 38.6 Å². The smallest absolute Gasteiger partial charge is 0.272 e. The zero-order chi connectivity index (χ0) is 11.9. The van der Waals surface area contributed by atoms with E-state index >= 15 is 0 Å². The van der Waals surface area contributed by atoms with Crippen molar-refractivity contribution in [2.75, 3.05) is 0 Å². The van der Waals surface area contributed by atoms with Crippen LogP contribution in [0.5, 0.6) is 5.75 Å². The molecule has 16 heavy (non-hydrogen) atoms. The van der Waals surface area contributed by atoms with Gasteiger partial charge >= 0.3 is 0 Å². The number of benzene rings is 1. The van der Waals surface area contributed by atoms with Gasteiger partial charge in [0, 0.05) is 16.9 Å². The summed E-state index contributed by atoms with van der Waals surface area (Å²) in [6.45, 7) is 0. The molecule has 1 aromatic heterocycles. The van der Waals surface area contributed by atoms with Crippen molar-refractivity contribution >= 4 is 26.8 Å². The summed E-state index contributed by atoms with van der Waals surface area (Å²) in [5.74, 6) is -0.256. The fraction of sp³-hybridized carbons (Fsp3) is 0.0909. The van der Waals surface area contributed by atoms with Gasteiger partial charge in [0.25, 0.3) is 5.56 Å². The van der Waals surface area contributed by atoms with Gasteiger partial charge in [-0.05, 0) is 18.2 Å². The highest BCUT2D eigenvalue weighted by Crippen LogP contribution is 2.27. The van der Waals surface area contributed by atoms with Crippen LogP contribution in [0.1, 0.15) is 5.56 Å². The molecule has 0 unspecified atom stereocenters. The van der Waals surface area contributed by atoms with Gasteiger partial charge in [0.1, 0.15) is 11.8 Å². The monoisotopic (exact) mass is 278 g/mol. The Bertz CT molecular complexity index is 683. The van der Waals surface area contributed by atoms with Gasteiger partial charge in [-0.1, -0.05) is 15.9 Å². The summed E-state index contributed by atoms with van der Waals surface area (Å²) in [6.07, 6.45) is 0. The fourth-order valence-corrected chi connectivity index (χ4v) is 1.95. The number of nitrogens with zero attached hydrogens (tertiary/aromatic N) is 2. The highest BCUT2D eigenvalue weighted by Gasteiger charge is 2.13. The summed E-state index contributed by atoms with van der Waals surface area (Å²) in [4.78, 5) is 11.7. The summed E-state index contributed by atoms with van der Waals surface area (Å²) < 4.78 is 2.15. The molecule has 0 radical (unpaired) electrons. The topological polar surface area (TPSA) is 66.0 Å². The van der Waals surface area contributed by atoms with E-state index < -0.39 is 5.56 Å². The first-order valence-corrected chi connectivity index (χ1v) is 5.27. The number of aromatic hydroxyl groups is 1. The van der Waals surface area contributed by atoms with Gasteiger partial charge in [0.15, 0.2) is 5.56 Å². The molecule has 0 aliphatic carbocycles. The van der Waals surface area contributed by atoms with E-state index in [9.17, 15) is 9.90 Å². The van der Waals surface area contributed by atoms with Crippen molar-refractivity contribution < 1.29 is 5.11 Å². The highest BCUT2D eigenvalue weighted by atomic mass is 79.9. The van der Waals surface area contributed by atoms with Crippen LogP contribution >= 0.6 is 15.9 Å². The molecule has 80 valence electrons. The second kappa shape index (κ2) is 3.65. The van der Waals surface area contributed by atoms with E-state index in [0.29, 0.717) is 10.9 Å². The van der Waals surface area contributed by atoms with Crippen LogP contribution in [-0.2, 0) is 7.05 Å². The molecule has 0 bridgehead atoms. The van der Waals surface area contributed by atoms with E-state index in [1.54, 1.807) is 31.3 Å². The lowest BCUT2D eigenvalue weighted by Gasteiger charge is -2.08. The lowest BCUT2D eigenvalue weighted by atomic mass is 10.1. The Hall–Kier alpha value is -1.80. The third kappa shape index (κ3) is 1.39. The SMILES string of the molecule is Cn1c(=O)c(C#N)c(O)c2ccc(Br)cc21. The minimum Gasteiger partial charge on any atom is -0.506 e. The quantitative estimate of drug-likeness (QED) is 0.800. The van der Waals surface area contributed by atoms with E-state index in [1.165, 1.54) is 4.57 Å². The van der Waals surface area contributed by atoms with Crippen molar-refractivity contribution in [2.45, 2.75) is 0 Å². The number of nitriles is 1.